The van der Waals surface area contributed by atoms with Crippen LogP contribution in [0.5, 0.6) is 0 Å². The first-order valence-corrected chi connectivity index (χ1v) is 7.37. The minimum absolute atomic E-state index is 0.0797. The van der Waals surface area contributed by atoms with Crippen LogP contribution in [0.25, 0.3) is 0 Å². The van der Waals surface area contributed by atoms with Crippen LogP contribution in [0.2, 0.25) is 0 Å². The quantitative estimate of drug-likeness (QED) is 0.782. The summed E-state index contributed by atoms with van der Waals surface area (Å²) in [4.78, 5) is 39.7. The zero-order chi connectivity index (χ0) is 16.9. The lowest BCUT2D eigenvalue weighted by Gasteiger charge is -2.33. The highest BCUT2D eigenvalue weighted by Gasteiger charge is 2.33. The number of rotatable bonds is 3. The molecule has 22 heavy (non-hydrogen) atoms. The van der Waals surface area contributed by atoms with Crippen molar-refractivity contribution in [1.82, 2.24) is 14.7 Å². The maximum Gasteiger partial charge on any atom is 0.407 e. The summed E-state index contributed by atoms with van der Waals surface area (Å²) in [6, 6.07) is -0.937. The van der Waals surface area contributed by atoms with Gasteiger partial charge in [-0.15, -0.1) is 0 Å². The van der Waals surface area contributed by atoms with E-state index in [-0.39, 0.29) is 18.5 Å². The number of carboxylic acid groups (broad SMARTS) is 1. The number of esters is 1. The van der Waals surface area contributed by atoms with Crippen molar-refractivity contribution in [2.45, 2.75) is 26.3 Å². The van der Waals surface area contributed by atoms with Gasteiger partial charge >= 0.3 is 18.1 Å². The Morgan fingerprint density at radius 1 is 1.09 bits per heavy atom. The van der Waals surface area contributed by atoms with Gasteiger partial charge in [0.1, 0.15) is 6.04 Å². The average Bonchev–Trinajstić information content (AvgIpc) is 2.71. The highest BCUT2D eigenvalue weighted by molar-refractivity contribution is 5.83. The number of carbonyl (C=O) groups excluding carboxylic acids is 2. The molecule has 8 nitrogen and oxygen atoms in total. The lowest BCUT2D eigenvalue weighted by molar-refractivity contribution is -0.147. The van der Waals surface area contributed by atoms with Crippen molar-refractivity contribution in [3.63, 3.8) is 0 Å². The first-order chi connectivity index (χ1) is 10.3. The lowest BCUT2D eigenvalue weighted by Crippen LogP contribution is -2.52. The van der Waals surface area contributed by atoms with E-state index in [0.717, 1.165) is 0 Å². The normalized spacial score (nSPS) is 17.0. The number of carbonyl (C=O) groups is 3. The van der Waals surface area contributed by atoms with E-state index >= 15 is 0 Å². The Morgan fingerprint density at radius 3 is 2.14 bits per heavy atom. The molecule has 0 aromatic rings. The molecular formula is C14H25N3O5. The van der Waals surface area contributed by atoms with Crippen LogP contribution >= 0.6 is 0 Å². The molecule has 0 spiro atoms. The molecule has 1 aliphatic rings. The highest BCUT2D eigenvalue weighted by atomic mass is 16.5. The van der Waals surface area contributed by atoms with E-state index < -0.39 is 18.1 Å². The molecule has 1 aliphatic heterocycles. The van der Waals surface area contributed by atoms with Gasteiger partial charge < -0.3 is 24.5 Å². The number of methoxy groups -OCH3 is 1. The number of hydrogen-bond acceptors (Lipinski definition) is 4. The minimum Gasteiger partial charge on any atom is -0.467 e. The summed E-state index contributed by atoms with van der Waals surface area (Å²) in [5, 5.41) is 9.01. The zero-order valence-electron chi connectivity index (χ0n) is 13.6. The van der Waals surface area contributed by atoms with Crippen molar-refractivity contribution < 1.29 is 24.2 Å². The van der Waals surface area contributed by atoms with Gasteiger partial charge in [0.05, 0.1) is 7.11 Å². The summed E-state index contributed by atoms with van der Waals surface area (Å²) in [6.07, 6.45) is -0.395. The topological polar surface area (TPSA) is 90.4 Å². The monoisotopic (exact) mass is 315 g/mol. The van der Waals surface area contributed by atoms with Crippen LogP contribution in [0.15, 0.2) is 0 Å². The van der Waals surface area contributed by atoms with E-state index in [1.54, 1.807) is 11.9 Å². The van der Waals surface area contributed by atoms with Crippen LogP contribution in [0.1, 0.15) is 20.3 Å². The molecule has 0 aliphatic carbocycles. The summed E-state index contributed by atoms with van der Waals surface area (Å²) in [7, 11) is 2.87. The van der Waals surface area contributed by atoms with Crippen molar-refractivity contribution >= 4 is 18.1 Å². The van der Waals surface area contributed by atoms with Crippen LogP contribution < -0.4 is 0 Å². The molecule has 0 aromatic heterocycles. The van der Waals surface area contributed by atoms with Crippen LogP contribution in [-0.2, 0) is 9.53 Å². The Morgan fingerprint density at radius 2 is 1.64 bits per heavy atom. The van der Waals surface area contributed by atoms with Gasteiger partial charge in [-0.2, -0.15) is 0 Å². The standard InChI is InChI=1S/C14H25N3O5/c1-10(2)11(12(18)22-4)15(3)13(19)16-6-5-7-17(9-8-16)14(20)21/h10-11H,5-9H2,1-4H3,(H,20,21)/t11-/m0/s1. The fourth-order valence-electron chi connectivity index (χ4n) is 2.64. The Kier molecular flexibility index (Phi) is 6.45. The van der Waals surface area contributed by atoms with Crippen molar-refractivity contribution in [3.05, 3.63) is 0 Å². The molecule has 8 heteroatoms. The number of urea groups is 1. The number of hydrogen-bond donors (Lipinski definition) is 1. The predicted molar refractivity (Wildman–Crippen MR) is 79.6 cm³/mol. The SMILES string of the molecule is COC(=O)[C@H](C(C)C)N(C)C(=O)N1CCCN(C(=O)O)CC1. The second-order valence-corrected chi connectivity index (χ2v) is 5.72. The molecule has 126 valence electrons. The third-order valence-electron chi connectivity index (χ3n) is 3.83. The van der Waals surface area contributed by atoms with Gasteiger partial charge in [-0.3, -0.25) is 0 Å². The van der Waals surface area contributed by atoms with Crippen LogP contribution in [-0.4, -0.2) is 84.3 Å². The smallest absolute Gasteiger partial charge is 0.407 e. The molecule has 1 saturated heterocycles. The van der Waals surface area contributed by atoms with Crippen molar-refractivity contribution in [2.75, 3.05) is 40.3 Å². The van der Waals surface area contributed by atoms with Crippen LogP contribution in [0.3, 0.4) is 0 Å². The molecule has 0 saturated carbocycles. The number of nitrogens with zero attached hydrogens (tertiary/aromatic N) is 3. The third kappa shape index (κ3) is 4.25. The fraction of sp³-hybridized carbons (Fsp3) is 0.786. The van der Waals surface area contributed by atoms with Crippen LogP contribution in [0.4, 0.5) is 9.59 Å². The maximum atomic E-state index is 12.6. The highest BCUT2D eigenvalue weighted by Crippen LogP contribution is 2.14. The van der Waals surface area contributed by atoms with Gasteiger partial charge in [0.15, 0.2) is 0 Å². The number of likely N-dealkylation sites (N-methyl/N-ethyl adjacent to an activating group) is 1. The first-order valence-electron chi connectivity index (χ1n) is 7.37. The van der Waals surface area contributed by atoms with Gasteiger partial charge in [-0.05, 0) is 12.3 Å². The Bertz CT molecular complexity index is 427. The van der Waals surface area contributed by atoms with E-state index in [1.165, 1.54) is 16.9 Å². The summed E-state index contributed by atoms with van der Waals surface area (Å²) in [5.41, 5.74) is 0. The second kappa shape index (κ2) is 7.86. The zero-order valence-corrected chi connectivity index (χ0v) is 13.6. The van der Waals surface area contributed by atoms with Crippen molar-refractivity contribution in [2.24, 2.45) is 5.92 Å². The first kappa shape index (κ1) is 18.1. The lowest BCUT2D eigenvalue weighted by atomic mass is 10.0. The molecule has 0 bridgehead atoms. The van der Waals surface area contributed by atoms with Crippen molar-refractivity contribution in [1.29, 1.82) is 0 Å². The molecule has 1 atom stereocenters. The van der Waals surface area contributed by atoms with Gasteiger partial charge in [-0.1, -0.05) is 13.8 Å². The largest absolute Gasteiger partial charge is 0.467 e. The second-order valence-electron chi connectivity index (χ2n) is 5.72. The number of amides is 3. The Balaban J connectivity index is 2.76. The molecule has 0 unspecified atom stereocenters. The van der Waals surface area contributed by atoms with E-state index in [9.17, 15) is 14.4 Å². The third-order valence-corrected chi connectivity index (χ3v) is 3.83. The van der Waals surface area contributed by atoms with Gasteiger partial charge in [-0.25, -0.2) is 14.4 Å². The molecule has 0 aromatic carbocycles. The van der Waals surface area contributed by atoms with Crippen LogP contribution in [0, 0.1) is 5.92 Å². The summed E-state index contributed by atoms with van der Waals surface area (Å²) in [5.74, 6) is -0.531. The fourth-order valence-corrected chi connectivity index (χ4v) is 2.64. The summed E-state index contributed by atoms with van der Waals surface area (Å²) < 4.78 is 4.77. The molecule has 0 radical (unpaired) electrons. The van der Waals surface area contributed by atoms with Gasteiger partial charge in [0.25, 0.3) is 0 Å². The van der Waals surface area contributed by atoms with Gasteiger partial charge in [0.2, 0.25) is 0 Å². The molecule has 1 fully saturated rings. The number of ether oxygens (including phenoxy) is 1. The Labute approximate surface area is 130 Å². The minimum atomic E-state index is -0.975. The Hall–Kier alpha value is -1.99. The summed E-state index contributed by atoms with van der Waals surface area (Å²) in [6.45, 7) is 5.17. The summed E-state index contributed by atoms with van der Waals surface area (Å²) >= 11 is 0. The maximum absolute atomic E-state index is 12.6. The molecule has 1 N–H and O–H groups in total. The van der Waals surface area contributed by atoms with E-state index in [2.05, 4.69) is 0 Å². The molecule has 1 heterocycles. The molecule has 1 rings (SSSR count). The average molecular weight is 315 g/mol. The van der Waals surface area contributed by atoms with Crippen molar-refractivity contribution in [3.8, 4) is 0 Å². The van der Waals surface area contributed by atoms with E-state index in [4.69, 9.17) is 9.84 Å². The van der Waals surface area contributed by atoms with E-state index in [0.29, 0.717) is 26.1 Å². The predicted octanol–water partition coefficient (Wildman–Crippen LogP) is 0.922. The molecular weight excluding hydrogens is 290 g/mol. The van der Waals surface area contributed by atoms with E-state index in [1.807, 2.05) is 13.8 Å². The van der Waals surface area contributed by atoms with Gasteiger partial charge in [0, 0.05) is 33.2 Å². The molecule has 3 amide bonds.